The van der Waals surface area contributed by atoms with Crippen molar-refractivity contribution in [2.45, 2.75) is 44.8 Å². The van der Waals surface area contributed by atoms with E-state index in [1.54, 1.807) is 0 Å². The van der Waals surface area contributed by atoms with Crippen LogP contribution in [0.1, 0.15) is 50.5 Å². The lowest BCUT2D eigenvalue weighted by atomic mass is 9.99. The zero-order chi connectivity index (χ0) is 21.8. The molecule has 2 atom stereocenters. The first-order valence-corrected chi connectivity index (χ1v) is 11.3. The van der Waals surface area contributed by atoms with Gasteiger partial charge in [0.05, 0.1) is 17.8 Å². The molecule has 31 heavy (non-hydrogen) atoms. The van der Waals surface area contributed by atoms with Gasteiger partial charge in [0.1, 0.15) is 0 Å². The lowest BCUT2D eigenvalue weighted by Gasteiger charge is -2.28. The third-order valence-corrected chi connectivity index (χ3v) is 6.06. The van der Waals surface area contributed by atoms with Crippen molar-refractivity contribution in [1.82, 2.24) is 19.8 Å². The first-order valence-electron chi connectivity index (χ1n) is 10.9. The number of thiocarbonyl (C=S) groups is 1. The second-order valence-corrected chi connectivity index (χ2v) is 9.38. The average Bonchev–Trinajstić information content (AvgIpc) is 3.37. The lowest BCUT2D eigenvalue weighted by Crippen LogP contribution is -2.31. The van der Waals surface area contributed by atoms with E-state index >= 15 is 0 Å². The molecule has 6 heteroatoms. The molecule has 0 radical (unpaired) electrons. The highest BCUT2D eigenvalue weighted by Crippen LogP contribution is 2.39. The van der Waals surface area contributed by atoms with Gasteiger partial charge in [-0.1, -0.05) is 24.3 Å². The summed E-state index contributed by atoms with van der Waals surface area (Å²) in [6, 6.07) is 18.8. The molecule has 0 saturated carbocycles. The van der Waals surface area contributed by atoms with Gasteiger partial charge in [-0.15, -0.1) is 0 Å². The van der Waals surface area contributed by atoms with Crippen molar-refractivity contribution in [3.05, 3.63) is 84.4 Å². The highest BCUT2D eigenvalue weighted by molar-refractivity contribution is 7.80. The van der Waals surface area contributed by atoms with Crippen LogP contribution >= 0.6 is 12.2 Å². The second kappa shape index (κ2) is 9.10. The molecule has 3 heterocycles. The van der Waals surface area contributed by atoms with E-state index in [1.807, 2.05) is 24.4 Å². The van der Waals surface area contributed by atoms with Crippen LogP contribution < -0.4 is 10.6 Å². The number of anilines is 1. The van der Waals surface area contributed by atoms with Gasteiger partial charge in [0.2, 0.25) is 0 Å². The van der Waals surface area contributed by atoms with E-state index in [0.717, 1.165) is 36.0 Å². The van der Waals surface area contributed by atoms with E-state index in [4.69, 9.17) is 12.2 Å². The van der Waals surface area contributed by atoms with Crippen LogP contribution in [0, 0.1) is 0 Å². The maximum atomic E-state index is 5.78. The van der Waals surface area contributed by atoms with Gasteiger partial charge in [-0.25, -0.2) is 0 Å². The van der Waals surface area contributed by atoms with Crippen LogP contribution in [0.5, 0.6) is 0 Å². The molecule has 2 aromatic heterocycles. The van der Waals surface area contributed by atoms with E-state index in [9.17, 15) is 0 Å². The van der Waals surface area contributed by atoms with Crippen LogP contribution in [0.3, 0.4) is 0 Å². The Morgan fingerprint density at radius 3 is 2.52 bits per heavy atom. The van der Waals surface area contributed by atoms with Gasteiger partial charge < -0.3 is 20.1 Å². The normalized spacial score (nSPS) is 18.8. The van der Waals surface area contributed by atoms with Crippen LogP contribution in [0.25, 0.3) is 0 Å². The summed E-state index contributed by atoms with van der Waals surface area (Å²) in [4.78, 5) is 6.95. The highest BCUT2D eigenvalue weighted by atomic mass is 32.1. The van der Waals surface area contributed by atoms with E-state index in [-0.39, 0.29) is 17.6 Å². The van der Waals surface area contributed by atoms with Crippen LogP contribution in [0.4, 0.5) is 5.69 Å². The second-order valence-electron chi connectivity index (χ2n) is 8.99. The molecule has 2 N–H and O–H groups in total. The lowest BCUT2D eigenvalue weighted by molar-refractivity contribution is 0.314. The molecule has 4 rings (SSSR count). The molecule has 5 nitrogen and oxygen atoms in total. The Kier molecular flexibility index (Phi) is 6.28. The monoisotopic (exact) mass is 433 g/mol. The fraction of sp³-hybridized carbons (Fsp3) is 0.360. The number of nitrogens with zero attached hydrogens (tertiary/aromatic N) is 3. The maximum Gasteiger partial charge on any atom is 0.170 e. The fourth-order valence-electron chi connectivity index (χ4n) is 4.05. The van der Waals surface area contributed by atoms with Crippen molar-refractivity contribution in [2.24, 2.45) is 0 Å². The third-order valence-electron chi connectivity index (χ3n) is 5.71. The number of hydrogen-bond donors (Lipinski definition) is 2. The number of rotatable bonds is 7. The minimum Gasteiger partial charge on any atom is -0.385 e. The van der Waals surface area contributed by atoms with E-state index in [0.29, 0.717) is 0 Å². The topological polar surface area (TPSA) is 45.1 Å². The molecule has 0 spiro atoms. The van der Waals surface area contributed by atoms with Crippen LogP contribution in [-0.2, 0) is 5.54 Å². The predicted octanol–water partition coefficient (Wildman–Crippen LogP) is 5.11. The largest absolute Gasteiger partial charge is 0.385 e. The minimum absolute atomic E-state index is 0.0339. The Bertz CT molecular complexity index is 994. The van der Waals surface area contributed by atoms with Crippen molar-refractivity contribution in [3.63, 3.8) is 0 Å². The van der Waals surface area contributed by atoms with Gasteiger partial charge in [0.15, 0.2) is 5.11 Å². The molecule has 1 saturated heterocycles. The smallest absolute Gasteiger partial charge is 0.170 e. The number of pyridine rings is 1. The van der Waals surface area contributed by atoms with Gasteiger partial charge in [0.25, 0.3) is 0 Å². The molecule has 1 aliphatic heterocycles. The van der Waals surface area contributed by atoms with E-state index < -0.39 is 0 Å². The summed E-state index contributed by atoms with van der Waals surface area (Å²) in [5.41, 5.74) is 3.46. The average molecular weight is 434 g/mol. The number of aromatic nitrogens is 2. The minimum atomic E-state index is 0.0339. The van der Waals surface area contributed by atoms with Crippen LogP contribution in [-0.4, -0.2) is 32.7 Å². The Hall–Kier alpha value is -2.86. The highest BCUT2D eigenvalue weighted by Gasteiger charge is 2.40. The number of benzene rings is 1. The standard InChI is InChI=1S/C25H31N5S/c1-25(2,3)29-17-13-19(18-29)23-22(21-12-7-8-14-27-21)28-24(31)30(23)16-9-15-26-20-10-5-4-6-11-20/h4-8,10-14,17-18,22-23,26H,9,15-16H2,1-3H3,(H,28,31)/t22-,23+/m0/s1. The molecular formula is C25H31N5S. The maximum absolute atomic E-state index is 5.78. The van der Waals surface area contributed by atoms with Crippen molar-refractivity contribution >= 4 is 23.0 Å². The van der Waals surface area contributed by atoms with Gasteiger partial charge in [-0.2, -0.15) is 0 Å². The third kappa shape index (κ3) is 4.90. The summed E-state index contributed by atoms with van der Waals surface area (Å²) in [5.74, 6) is 0. The number of nitrogens with one attached hydrogen (secondary N) is 2. The molecular weight excluding hydrogens is 402 g/mol. The number of para-hydroxylation sites is 1. The number of hydrogen-bond acceptors (Lipinski definition) is 3. The molecule has 1 fully saturated rings. The molecule has 0 amide bonds. The first kappa shape index (κ1) is 21.4. The Morgan fingerprint density at radius 1 is 1.06 bits per heavy atom. The van der Waals surface area contributed by atoms with Crippen molar-refractivity contribution in [3.8, 4) is 0 Å². The molecule has 1 aliphatic rings. The van der Waals surface area contributed by atoms with Crippen molar-refractivity contribution in [2.75, 3.05) is 18.4 Å². The summed E-state index contributed by atoms with van der Waals surface area (Å²) in [5, 5.41) is 7.83. The van der Waals surface area contributed by atoms with Gasteiger partial charge >= 0.3 is 0 Å². The summed E-state index contributed by atoms with van der Waals surface area (Å²) >= 11 is 5.78. The molecule has 0 aliphatic carbocycles. The van der Waals surface area contributed by atoms with Gasteiger partial charge in [0, 0.05) is 42.9 Å². The molecule has 0 unspecified atom stereocenters. The van der Waals surface area contributed by atoms with Crippen LogP contribution in [0.2, 0.25) is 0 Å². The van der Waals surface area contributed by atoms with Crippen LogP contribution in [0.15, 0.2) is 73.2 Å². The van der Waals surface area contributed by atoms with Gasteiger partial charge in [-0.05, 0) is 75.3 Å². The van der Waals surface area contributed by atoms with Crippen molar-refractivity contribution in [1.29, 1.82) is 0 Å². The zero-order valence-corrected chi connectivity index (χ0v) is 19.3. The molecule has 0 bridgehead atoms. The van der Waals surface area contributed by atoms with Crippen molar-refractivity contribution < 1.29 is 0 Å². The Morgan fingerprint density at radius 2 is 1.84 bits per heavy atom. The Labute approximate surface area is 190 Å². The summed E-state index contributed by atoms with van der Waals surface area (Å²) in [6.07, 6.45) is 7.26. The van der Waals surface area contributed by atoms with Gasteiger partial charge in [-0.3, -0.25) is 4.98 Å². The first-order chi connectivity index (χ1) is 14.9. The molecule has 162 valence electrons. The predicted molar refractivity (Wildman–Crippen MR) is 131 cm³/mol. The zero-order valence-electron chi connectivity index (χ0n) is 18.5. The molecule has 3 aromatic rings. The van der Waals surface area contributed by atoms with E-state index in [1.165, 1.54) is 5.56 Å². The van der Waals surface area contributed by atoms with E-state index in [2.05, 4.69) is 94.6 Å². The summed E-state index contributed by atoms with van der Waals surface area (Å²) in [7, 11) is 0. The quantitative estimate of drug-likeness (QED) is 0.400. The fourth-order valence-corrected chi connectivity index (χ4v) is 4.38. The SMILES string of the molecule is CC(C)(C)n1ccc([C@@H]2[C@H](c3ccccn3)NC(=S)N2CCCNc2ccccc2)c1. The summed E-state index contributed by atoms with van der Waals surface area (Å²) < 4.78 is 2.27. The molecule has 1 aromatic carbocycles. The Balaban J connectivity index is 1.53. The summed E-state index contributed by atoms with van der Waals surface area (Å²) in [6.45, 7) is 8.43.